The molecule has 0 aromatic heterocycles. The quantitative estimate of drug-likeness (QED) is 0.889. The van der Waals surface area contributed by atoms with E-state index in [-0.39, 0.29) is 17.1 Å². The first-order chi connectivity index (χ1) is 9.10. The Hall–Kier alpha value is -1.38. The summed E-state index contributed by atoms with van der Waals surface area (Å²) in [6, 6.07) is 6.72. The van der Waals surface area contributed by atoms with Crippen LogP contribution in [0.4, 0.5) is 4.39 Å². The first-order valence-corrected chi connectivity index (χ1v) is 7.17. The van der Waals surface area contributed by atoms with Crippen LogP contribution in [0.2, 0.25) is 0 Å². The maximum absolute atomic E-state index is 13.0. The molecule has 3 rings (SSSR count). The predicted molar refractivity (Wildman–Crippen MR) is 72.3 cm³/mol. The summed E-state index contributed by atoms with van der Waals surface area (Å²) in [7, 11) is 0. The maximum atomic E-state index is 13.0. The van der Waals surface area contributed by atoms with Gasteiger partial charge in [-0.3, -0.25) is 4.79 Å². The highest BCUT2D eigenvalue weighted by atomic mass is 19.1. The predicted octanol–water partition coefficient (Wildman–Crippen LogP) is 3.16. The van der Waals surface area contributed by atoms with Crippen molar-refractivity contribution < 1.29 is 9.18 Å². The average molecular weight is 261 g/mol. The first-order valence-electron chi connectivity index (χ1n) is 7.17. The summed E-state index contributed by atoms with van der Waals surface area (Å²) < 4.78 is 13.0. The number of hydrogen-bond donors (Lipinski definition) is 1. The monoisotopic (exact) mass is 261 g/mol. The zero-order valence-electron chi connectivity index (χ0n) is 11.3. The Labute approximate surface area is 113 Å². The Balaban J connectivity index is 1.70. The molecular weight excluding hydrogens is 241 g/mol. The van der Waals surface area contributed by atoms with Gasteiger partial charge < -0.3 is 5.32 Å². The van der Waals surface area contributed by atoms with Gasteiger partial charge in [0.05, 0.1) is 5.41 Å². The molecule has 2 aliphatic rings. The molecule has 1 amide bonds. The lowest BCUT2D eigenvalue weighted by Gasteiger charge is -2.19. The summed E-state index contributed by atoms with van der Waals surface area (Å²) in [6.07, 6.45) is 5.14. The van der Waals surface area contributed by atoms with Gasteiger partial charge in [0.2, 0.25) is 5.91 Å². The van der Waals surface area contributed by atoms with Gasteiger partial charge in [-0.1, -0.05) is 19.1 Å². The van der Waals surface area contributed by atoms with Gasteiger partial charge in [0.25, 0.3) is 0 Å². The Kier molecular flexibility index (Phi) is 3.08. The van der Waals surface area contributed by atoms with E-state index in [0.717, 1.165) is 31.2 Å². The van der Waals surface area contributed by atoms with Crippen LogP contribution in [-0.2, 0) is 10.2 Å². The number of amides is 1. The van der Waals surface area contributed by atoms with Crippen molar-refractivity contribution in [2.24, 2.45) is 5.92 Å². The molecule has 1 N–H and O–H groups in total. The van der Waals surface area contributed by atoms with Gasteiger partial charge in [-0.2, -0.15) is 0 Å². The molecule has 2 unspecified atom stereocenters. The third kappa shape index (κ3) is 2.38. The zero-order chi connectivity index (χ0) is 13.5. The number of nitrogens with one attached hydrogen (secondary N) is 1. The van der Waals surface area contributed by atoms with Gasteiger partial charge in [0.1, 0.15) is 5.82 Å². The molecule has 0 bridgehead atoms. The topological polar surface area (TPSA) is 29.1 Å². The van der Waals surface area contributed by atoms with Gasteiger partial charge in [-0.15, -0.1) is 0 Å². The molecule has 2 atom stereocenters. The highest BCUT2D eigenvalue weighted by Gasteiger charge is 2.51. The SMILES string of the molecule is CC1CCC(NC(=O)C2(c3ccc(F)cc3)CC2)C1. The van der Waals surface area contributed by atoms with Crippen molar-refractivity contribution in [3.8, 4) is 0 Å². The van der Waals surface area contributed by atoms with E-state index in [1.54, 1.807) is 12.1 Å². The first kappa shape index (κ1) is 12.6. The lowest BCUT2D eigenvalue weighted by molar-refractivity contribution is -0.124. The van der Waals surface area contributed by atoms with Crippen LogP contribution in [0.3, 0.4) is 0 Å². The van der Waals surface area contributed by atoms with Crippen LogP contribution in [-0.4, -0.2) is 11.9 Å². The highest BCUT2D eigenvalue weighted by molar-refractivity contribution is 5.91. The molecule has 0 spiro atoms. The molecule has 2 aliphatic carbocycles. The minimum atomic E-state index is -0.375. The van der Waals surface area contributed by atoms with Gasteiger partial charge in [-0.05, 0) is 55.7 Å². The molecular formula is C16H20FNO. The van der Waals surface area contributed by atoms with Crippen molar-refractivity contribution in [3.05, 3.63) is 35.6 Å². The Morgan fingerprint density at radius 3 is 2.47 bits per heavy atom. The molecule has 3 heteroatoms. The Morgan fingerprint density at radius 1 is 1.26 bits per heavy atom. The van der Waals surface area contributed by atoms with E-state index in [4.69, 9.17) is 0 Å². The Bertz CT molecular complexity index is 478. The summed E-state index contributed by atoms with van der Waals surface area (Å²) in [5, 5.41) is 3.19. The molecule has 0 saturated heterocycles. The lowest BCUT2D eigenvalue weighted by Crippen LogP contribution is -2.40. The van der Waals surface area contributed by atoms with Gasteiger partial charge >= 0.3 is 0 Å². The van der Waals surface area contributed by atoms with E-state index in [1.807, 2.05) is 0 Å². The molecule has 0 heterocycles. The summed E-state index contributed by atoms with van der Waals surface area (Å²) in [5.74, 6) is 0.606. The van der Waals surface area contributed by atoms with E-state index < -0.39 is 0 Å². The van der Waals surface area contributed by atoms with Crippen molar-refractivity contribution in [2.45, 2.75) is 50.5 Å². The highest BCUT2D eigenvalue weighted by Crippen LogP contribution is 2.48. The van der Waals surface area contributed by atoms with E-state index in [2.05, 4.69) is 12.2 Å². The average Bonchev–Trinajstić information content (AvgIpc) is 3.10. The number of carbonyl (C=O) groups excluding carboxylic acids is 1. The van der Waals surface area contributed by atoms with Crippen LogP contribution in [0, 0.1) is 11.7 Å². The largest absolute Gasteiger partial charge is 0.353 e. The van der Waals surface area contributed by atoms with Crippen LogP contribution < -0.4 is 5.32 Å². The third-order valence-corrected chi connectivity index (χ3v) is 4.61. The van der Waals surface area contributed by atoms with E-state index in [1.165, 1.54) is 18.6 Å². The molecule has 1 aromatic rings. The molecule has 2 nitrogen and oxygen atoms in total. The van der Waals surface area contributed by atoms with Gasteiger partial charge in [0, 0.05) is 6.04 Å². The molecule has 0 aliphatic heterocycles. The normalized spacial score (nSPS) is 28.1. The number of halogens is 1. The Morgan fingerprint density at radius 2 is 1.95 bits per heavy atom. The fraction of sp³-hybridized carbons (Fsp3) is 0.562. The van der Waals surface area contributed by atoms with Crippen molar-refractivity contribution in [1.29, 1.82) is 0 Å². The number of rotatable bonds is 3. The third-order valence-electron chi connectivity index (χ3n) is 4.61. The molecule has 1 aromatic carbocycles. The number of benzene rings is 1. The second-order valence-corrected chi connectivity index (χ2v) is 6.18. The molecule has 0 radical (unpaired) electrons. The van der Waals surface area contributed by atoms with E-state index in [9.17, 15) is 9.18 Å². The van der Waals surface area contributed by atoms with Crippen molar-refractivity contribution in [2.75, 3.05) is 0 Å². The number of carbonyl (C=O) groups is 1. The summed E-state index contributed by atoms with van der Waals surface area (Å²) in [5.41, 5.74) is 0.580. The molecule has 102 valence electrons. The molecule has 2 saturated carbocycles. The van der Waals surface area contributed by atoms with Crippen molar-refractivity contribution in [3.63, 3.8) is 0 Å². The van der Waals surface area contributed by atoms with Crippen LogP contribution in [0.5, 0.6) is 0 Å². The summed E-state index contributed by atoms with van der Waals surface area (Å²) >= 11 is 0. The second kappa shape index (κ2) is 4.62. The van der Waals surface area contributed by atoms with Crippen LogP contribution in [0.15, 0.2) is 24.3 Å². The summed E-state index contributed by atoms with van der Waals surface area (Å²) in [6.45, 7) is 2.24. The standard InChI is InChI=1S/C16H20FNO/c1-11-2-7-14(10-11)18-15(19)16(8-9-16)12-3-5-13(17)6-4-12/h3-6,11,14H,2,7-10H2,1H3,(H,18,19). The van der Waals surface area contributed by atoms with Gasteiger partial charge in [0.15, 0.2) is 0 Å². The van der Waals surface area contributed by atoms with E-state index >= 15 is 0 Å². The van der Waals surface area contributed by atoms with Crippen LogP contribution >= 0.6 is 0 Å². The van der Waals surface area contributed by atoms with Crippen molar-refractivity contribution in [1.82, 2.24) is 5.32 Å². The maximum Gasteiger partial charge on any atom is 0.230 e. The van der Waals surface area contributed by atoms with Crippen LogP contribution in [0.1, 0.15) is 44.6 Å². The fourth-order valence-electron chi connectivity index (χ4n) is 3.20. The minimum absolute atomic E-state index is 0.137. The molecule has 19 heavy (non-hydrogen) atoms. The van der Waals surface area contributed by atoms with Gasteiger partial charge in [-0.25, -0.2) is 4.39 Å². The summed E-state index contributed by atoms with van der Waals surface area (Å²) in [4.78, 5) is 12.5. The smallest absolute Gasteiger partial charge is 0.230 e. The fourth-order valence-corrected chi connectivity index (χ4v) is 3.20. The zero-order valence-corrected chi connectivity index (χ0v) is 11.3. The van der Waals surface area contributed by atoms with Crippen LogP contribution in [0.25, 0.3) is 0 Å². The number of hydrogen-bond acceptors (Lipinski definition) is 1. The second-order valence-electron chi connectivity index (χ2n) is 6.18. The van der Waals surface area contributed by atoms with Crippen molar-refractivity contribution >= 4 is 5.91 Å². The lowest BCUT2D eigenvalue weighted by atomic mass is 9.94. The molecule has 2 fully saturated rings. The minimum Gasteiger partial charge on any atom is -0.353 e. The van der Waals surface area contributed by atoms with E-state index in [0.29, 0.717) is 12.0 Å².